The Morgan fingerprint density at radius 1 is 1.40 bits per heavy atom. The van der Waals surface area contributed by atoms with E-state index in [2.05, 4.69) is 31.0 Å². The van der Waals surface area contributed by atoms with Crippen molar-refractivity contribution in [3.05, 3.63) is 29.6 Å². The zero-order valence-corrected chi connectivity index (χ0v) is 13.0. The summed E-state index contributed by atoms with van der Waals surface area (Å²) in [6, 6.07) is 5.67. The van der Waals surface area contributed by atoms with E-state index < -0.39 is 0 Å². The summed E-state index contributed by atoms with van der Waals surface area (Å²) in [7, 11) is 0. The molecule has 1 N–H and O–H groups in total. The second-order valence-electron chi connectivity index (χ2n) is 6.32. The molecule has 1 unspecified atom stereocenters. The minimum Gasteiger partial charge on any atom is -0.369 e. The number of anilines is 1. The van der Waals surface area contributed by atoms with E-state index in [1.54, 1.807) is 6.07 Å². The summed E-state index contributed by atoms with van der Waals surface area (Å²) in [5, 5.41) is 3.35. The summed E-state index contributed by atoms with van der Waals surface area (Å²) in [5.41, 5.74) is 1.80. The van der Waals surface area contributed by atoms with E-state index in [-0.39, 0.29) is 5.82 Å². The lowest BCUT2D eigenvalue weighted by Gasteiger charge is -2.20. The van der Waals surface area contributed by atoms with Crippen LogP contribution < -0.4 is 10.2 Å². The van der Waals surface area contributed by atoms with Crippen LogP contribution in [0.2, 0.25) is 0 Å². The van der Waals surface area contributed by atoms with Gasteiger partial charge in [-0.15, -0.1) is 0 Å². The van der Waals surface area contributed by atoms with Crippen molar-refractivity contribution in [1.82, 2.24) is 5.32 Å². The van der Waals surface area contributed by atoms with Crippen molar-refractivity contribution in [2.75, 3.05) is 24.5 Å². The summed E-state index contributed by atoms with van der Waals surface area (Å²) in [6.45, 7) is 10.3. The van der Waals surface area contributed by atoms with E-state index in [0.29, 0.717) is 5.92 Å². The van der Waals surface area contributed by atoms with Crippen molar-refractivity contribution in [1.29, 1.82) is 0 Å². The minimum absolute atomic E-state index is 0.0781. The molecule has 2 rings (SSSR count). The zero-order valence-electron chi connectivity index (χ0n) is 13.0. The molecule has 1 aromatic carbocycles. The van der Waals surface area contributed by atoms with Gasteiger partial charge < -0.3 is 10.2 Å². The molecule has 1 fully saturated rings. The number of hydrogen-bond donors (Lipinski definition) is 1. The van der Waals surface area contributed by atoms with Gasteiger partial charge in [0.1, 0.15) is 5.82 Å². The molecule has 1 heterocycles. The molecule has 1 aliphatic rings. The van der Waals surface area contributed by atoms with Gasteiger partial charge in [-0.3, -0.25) is 0 Å². The summed E-state index contributed by atoms with van der Waals surface area (Å²) >= 11 is 0. The molecule has 0 spiro atoms. The molecule has 1 saturated heterocycles. The molecule has 3 heteroatoms. The molecule has 0 aliphatic carbocycles. The van der Waals surface area contributed by atoms with E-state index in [0.717, 1.165) is 43.3 Å². The first-order valence-electron chi connectivity index (χ1n) is 7.84. The summed E-state index contributed by atoms with van der Waals surface area (Å²) < 4.78 is 14.2. The van der Waals surface area contributed by atoms with E-state index in [1.165, 1.54) is 12.8 Å². The predicted octanol–water partition coefficient (Wildman–Crippen LogP) is 3.81. The molecular weight excluding hydrogens is 251 g/mol. The average Bonchev–Trinajstić information content (AvgIpc) is 2.87. The number of nitrogens with zero attached hydrogens (tertiary/aromatic N) is 1. The normalized spacial score (nSPS) is 19.1. The van der Waals surface area contributed by atoms with Crippen LogP contribution in [-0.2, 0) is 6.54 Å². The van der Waals surface area contributed by atoms with Crippen LogP contribution in [0, 0.1) is 17.7 Å². The third kappa shape index (κ3) is 3.95. The number of benzene rings is 1. The van der Waals surface area contributed by atoms with Gasteiger partial charge in [0.05, 0.1) is 5.69 Å². The fourth-order valence-electron chi connectivity index (χ4n) is 2.81. The Balaban J connectivity index is 1.96. The summed E-state index contributed by atoms with van der Waals surface area (Å²) in [4.78, 5) is 2.19. The van der Waals surface area contributed by atoms with Gasteiger partial charge in [0, 0.05) is 19.6 Å². The Labute approximate surface area is 122 Å². The Hall–Kier alpha value is -1.09. The van der Waals surface area contributed by atoms with Crippen LogP contribution in [0.4, 0.5) is 10.1 Å². The van der Waals surface area contributed by atoms with Gasteiger partial charge in [-0.2, -0.15) is 0 Å². The fraction of sp³-hybridized carbons (Fsp3) is 0.647. The van der Waals surface area contributed by atoms with Crippen molar-refractivity contribution in [2.45, 2.75) is 40.2 Å². The van der Waals surface area contributed by atoms with Gasteiger partial charge in [-0.05, 0) is 42.5 Å². The maximum absolute atomic E-state index is 14.2. The SMILES string of the molecule is CCC1CCN(c2ccc(CNCC(C)C)cc2F)C1. The first-order chi connectivity index (χ1) is 9.60. The first-order valence-corrected chi connectivity index (χ1v) is 7.84. The van der Waals surface area contributed by atoms with Gasteiger partial charge in [0.15, 0.2) is 0 Å². The Bertz CT molecular complexity index is 431. The molecule has 1 aromatic rings. The highest BCUT2D eigenvalue weighted by Gasteiger charge is 2.23. The Kier molecular flexibility index (Phi) is 5.41. The number of hydrogen-bond acceptors (Lipinski definition) is 2. The minimum atomic E-state index is -0.0781. The highest BCUT2D eigenvalue weighted by atomic mass is 19.1. The smallest absolute Gasteiger partial charge is 0.146 e. The maximum atomic E-state index is 14.2. The fourth-order valence-corrected chi connectivity index (χ4v) is 2.81. The van der Waals surface area contributed by atoms with Crippen LogP contribution in [0.5, 0.6) is 0 Å². The van der Waals surface area contributed by atoms with Gasteiger partial charge in [-0.25, -0.2) is 4.39 Å². The van der Waals surface area contributed by atoms with E-state index in [1.807, 2.05) is 12.1 Å². The van der Waals surface area contributed by atoms with Crippen LogP contribution in [0.15, 0.2) is 18.2 Å². The van der Waals surface area contributed by atoms with E-state index in [4.69, 9.17) is 0 Å². The van der Waals surface area contributed by atoms with Crippen LogP contribution >= 0.6 is 0 Å². The molecule has 0 amide bonds. The highest BCUT2D eigenvalue weighted by Crippen LogP contribution is 2.28. The first kappa shape index (κ1) is 15.3. The van der Waals surface area contributed by atoms with Crippen molar-refractivity contribution in [2.24, 2.45) is 11.8 Å². The van der Waals surface area contributed by atoms with Crippen LogP contribution in [-0.4, -0.2) is 19.6 Å². The lowest BCUT2D eigenvalue weighted by Crippen LogP contribution is -2.21. The second-order valence-corrected chi connectivity index (χ2v) is 6.32. The molecule has 2 nitrogen and oxygen atoms in total. The number of rotatable bonds is 6. The largest absolute Gasteiger partial charge is 0.369 e. The van der Waals surface area contributed by atoms with Crippen molar-refractivity contribution < 1.29 is 4.39 Å². The molecule has 1 atom stereocenters. The van der Waals surface area contributed by atoms with Gasteiger partial charge in [0.25, 0.3) is 0 Å². The van der Waals surface area contributed by atoms with Crippen LogP contribution in [0.25, 0.3) is 0 Å². The summed E-state index contributed by atoms with van der Waals surface area (Å²) in [5.74, 6) is 1.27. The van der Waals surface area contributed by atoms with E-state index in [9.17, 15) is 4.39 Å². The zero-order chi connectivity index (χ0) is 14.5. The van der Waals surface area contributed by atoms with Crippen molar-refractivity contribution >= 4 is 5.69 Å². The van der Waals surface area contributed by atoms with Gasteiger partial charge in [-0.1, -0.05) is 33.3 Å². The Morgan fingerprint density at radius 2 is 2.20 bits per heavy atom. The molecule has 20 heavy (non-hydrogen) atoms. The van der Waals surface area contributed by atoms with E-state index >= 15 is 0 Å². The van der Waals surface area contributed by atoms with Crippen LogP contribution in [0.1, 0.15) is 39.2 Å². The molecule has 0 saturated carbocycles. The third-order valence-corrected chi connectivity index (χ3v) is 4.10. The standard InChI is InChI=1S/C17H27FN2/c1-4-14-7-8-20(12-14)17-6-5-15(9-16(17)18)11-19-10-13(2)3/h5-6,9,13-14,19H,4,7-8,10-12H2,1-3H3. The van der Waals surface area contributed by atoms with Crippen molar-refractivity contribution in [3.8, 4) is 0 Å². The average molecular weight is 278 g/mol. The van der Waals surface area contributed by atoms with Gasteiger partial charge >= 0.3 is 0 Å². The third-order valence-electron chi connectivity index (χ3n) is 4.10. The number of nitrogens with one attached hydrogen (secondary N) is 1. The Morgan fingerprint density at radius 3 is 2.80 bits per heavy atom. The predicted molar refractivity (Wildman–Crippen MR) is 83.6 cm³/mol. The quantitative estimate of drug-likeness (QED) is 0.851. The molecular formula is C17H27FN2. The molecule has 0 bridgehead atoms. The molecule has 112 valence electrons. The van der Waals surface area contributed by atoms with Crippen molar-refractivity contribution in [3.63, 3.8) is 0 Å². The number of halogens is 1. The molecule has 1 aliphatic heterocycles. The highest BCUT2D eigenvalue weighted by molar-refractivity contribution is 5.50. The summed E-state index contributed by atoms with van der Waals surface area (Å²) in [6.07, 6.45) is 2.38. The lowest BCUT2D eigenvalue weighted by molar-refractivity contribution is 0.549. The topological polar surface area (TPSA) is 15.3 Å². The maximum Gasteiger partial charge on any atom is 0.146 e. The second kappa shape index (κ2) is 7.07. The molecule has 0 aromatic heterocycles. The molecule has 0 radical (unpaired) electrons. The van der Waals surface area contributed by atoms with Crippen LogP contribution in [0.3, 0.4) is 0 Å². The monoisotopic (exact) mass is 278 g/mol. The lowest BCUT2D eigenvalue weighted by atomic mass is 10.1. The van der Waals surface area contributed by atoms with Gasteiger partial charge in [0.2, 0.25) is 0 Å².